The largest absolute Gasteiger partial charge is 0.480 e. The summed E-state index contributed by atoms with van der Waals surface area (Å²) in [7, 11) is 1.46. The van der Waals surface area contributed by atoms with Crippen molar-refractivity contribution in [1.82, 2.24) is 9.97 Å². The van der Waals surface area contributed by atoms with E-state index in [4.69, 9.17) is 9.84 Å². The minimum atomic E-state index is -0.975. The molecule has 0 fully saturated rings. The molecule has 18 heavy (non-hydrogen) atoms. The number of aryl methyl sites for hydroxylation is 1. The molecule has 0 saturated carbocycles. The number of rotatable bonds is 5. The third-order valence-corrected chi connectivity index (χ3v) is 3.57. The van der Waals surface area contributed by atoms with E-state index in [0.29, 0.717) is 5.82 Å². The lowest BCUT2D eigenvalue weighted by molar-refractivity contribution is -0.139. The first-order chi connectivity index (χ1) is 8.63. The van der Waals surface area contributed by atoms with Crippen LogP contribution in [0.2, 0.25) is 0 Å². The Labute approximate surface area is 108 Å². The van der Waals surface area contributed by atoms with Crippen molar-refractivity contribution in [2.24, 2.45) is 0 Å². The minimum absolute atomic E-state index is 0.0746. The Balaban J connectivity index is 2.33. The molecule has 0 aliphatic carbocycles. The first-order valence-corrected chi connectivity index (χ1v) is 6.18. The summed E-state index contributed by atoms with van der Waals surface area (Å²) < 4.78 is 5.73. The Bertz CT molecular complexity index is 570. The molecule has 1 unspecified atom stereocenters. The zero-order valence-electron chi connectivity index (χ0n) is 10.0. The van der Waals surface area contributed by atoms with Gasteiger partial charge in [-0.2, -0.15) is 0 Å². The van der Waals surface area contributed by atoms with Gasteiger partial charge in [0.25, 0.3) is 0 Å². The predicted molar refractivity (Wildman–Crippen MR) is 69.1 cm³/mol. The summed E-state index contributed by atoms with van der Waals surface area (Å²) in [6, 6.07) is -0.824. The zero-order chi connectivity index (χ0) is 13.1. The number of aromatic nitrogens is 2. The van der Waals surface area contributed by atoms with Crippen LogP contribution in [0.4, 0.5) is 5.82 Å². The Morgan fingerprint density at radius 1 is 1.61 bits per heavy atom. The Morgan fingerprint density at radius 3 is 3.06 bits per heavy atom. The fraction of sp³-hybridized carbons (Fsp3) is 0.364. The number of thiophene rings is 1. The Hall–Kier alpha value is -1.73. The highest BCUT2D eigenvalue weighted by Crippen LogP contribution is 2.28. The fourth-order valence-corrected chi connectivity index (χ4v) is 2.53. The summed E-state index contributed by atoms with van der Waals surface area (Å²) in [6.45, 7) is 2.03. The first kappa shape index (κ1) is 12.7. The van der Waals surface area contributed by atoms with Gasteiger partial charge in [-0.15, -0.1) is 11.3 Å². The Morgan fingerprint density at radius 2 is 2.39 bits per heavy atom. The average Bonchev–Trinajstić information content (AvgIpc) is 2.72. The molecule has 2 aromatic rings. The van der Waals surface area contributed by atoms with Crippen LogP contribution in [0.5, 0.6) is 0 Å². The maximum Gasteiger partial charge on any atom is 0.328 e. The summed E-state index contributed by atoms with van der Waals surface area (Å²) in [5, 5.41) is 13.9. The van der Waals surface area contributed by atoms with Gasteiger partial charge in [-0.1, -0.05) is 0 Å². The van der Waals surface area contributed by atoms with Gasteiger partial charge in [0.1, 0.15) is 18.2 Å². The number of fused-ring (bicyclic) bond motifs is 1. The van der Waals surface area contributed by atoms with Crippen molar-refractivity contribution < 1.29 is 14.6 Å². The number of methoxy groups -OCH3 is 1. The summed E-state index contributed by atoms with van der Waals surface area (Å²) in [4.78, 5) is 19.3. The number of carboxylic acids is 1. The third-order valence-electron chi connectivity index (χ3n) is 2.47. The highest BCUT2D eigenvalue weighted by Gasteiger charge is 2.19. The van der Waals surface area contributed by atoms with Crippen LogP contribution in [0, 0.1) is 6.92 Å². The van der Waals surface area contributed by atoms with Crippen LogP contribution in [-0.4, -0.2) is 40.8 Å². The zero-order valence-corrected chi connectivity index (χ0v) is 10.8. The topological polar surface area (TPSA) is 84.3 Å². The van der Waals surface area contributed by atoms with Gasteiger partial charge in [0.05, 0.1) is 16.8 Å². The molecule has 2 rings (SSSR count). The molecule has 1 atom stereocenters. The number of nitrogens with zero attached hydrogens (tertiary/aromatic N) is 2. The van der Waals surface area contributed by atoms with E-state index in [2.05, 4.69) is 15.3 Å². The SMILES string of the molecule is COCC(Nc1ncnc2c(C)csc12)C(=O)O. The fourth-order valence-electron chi connectivity index (χ4n) is 1.58. The molecule has 6 nitrogen and oxygen atoms in total. The molecule has 0 saturated heterocycles. The molecule has 7 heteroatoms. The number of carbonyl (C=O) groups is 1. The lowest BCUT2D eigenvalue weighted by Gasteiger charge is -2.14. The second-order valence-electron chi connectivity index (χ2n) is 3.81. The molecule has 2 heterocycles. The van der Waals surface area contributed by atoms with Gasteiger partial charge in [0.2, 0.25) is 0 Å². The molecule has 0 aliphatic rings. The number of nitrogens with one attached hydrogen (secondary N) is 1. The van der Waals surface area contributed by atoms with Crippen LogP contribution in [0.3, 0.4) is 0 Å². The number of aliphatic carboxylic acids is 1. The normalized spacial score (nSPS) is 12.6. The minimum Gasteiger partial charge on any atom is -0.480 e. The van der Waals surface area contributed by atoms with Crippen molar-refractivity contribution in [2.75, 3.05) is 19.0 Å². The second kappa shape index (κ2) is 5.28. The molecule has 0 aromatic carbocycles. The molecule has 0 bridgehead atoms. The Kier molecular flexibility index (Phi) is 3.73. The van der Waals surface area contributed by atoms with Crippen LogP contribution in [-0.2, 0) is 9.53 Å². The van der Waals surface area contributed by atoms with Crippen molar-refractivity contribution in [3.63, 3.8) is 0 Å². The third kappa shape index (κ3) is 2.41. The maximum absolute atomic E-state index is 11.1. The van der Waals surface area contributed by atoms with E-state index in [1.807, 2.05) is 12.3 Å². The summed E-state index contributed by atoms with van der Waals surface area (Å²) in [6.07, 6.45) is 1.43. The van der Waals surface area contributed by atoms with Crippen molar-refractivity contribution in [3.8, 4) is 0 Å². The molecule has 2 aromatic heterocycles. The summed E-state index contributed by atoms with van der Waals surface area (Å²) >= 11 is 1.49. The second-order valence-corrected chi connectivity index (χ2v) is 4.69. The van der Waals surface area contributed by atoms with Gasteiger partial charge in [-0.25, -0.2) is 14.8 Å². The van der Waals surface area contributed by atoms with E-state index < -0.39 is 12.0 Å². The van der Waals surface area contributed by atoms with Crippen LogP contribution >= 0.6 is 11.3 Å². The molecule has 0 radical (unpaired) electrons. The standard InChI is InChI=1S/C11H13N3O3S/c1-6-4-18-9-8(6)12-5-13-10(9)14-7(3-17-2)11(15)16/h4-5,7H,3H2,1-2H3,(H,15,16)(H,12,13,14). The monoisotopic (exact) mass is 267 g/mol. The van der Waals surface area contributed by atoms with Crippen LogP contribution in [0.25, 0.3) is 10.2 Å². The lowest BCUT2D eigenvalue weighted by atomic mass is 10.3. The predicted octanol–water partition coefficient (Wildman–Crippen LogP) is 1.51. The molecule has 0 spiro atoms. The molecular weight excluding hydrogens is 254 g/mol. The number of ether oxygens (including phenoxy) is 1. The summed E-state index contributed by atoms with van der Waals surface area (Å²) in [5.41, 5.74) is 1.90. The van der Waals surface area contributed by atoms with Gasteiger partial charge < -0.3 is 15.2 Å². The van der Waals surface area contributed by atoms with Crippen molar-refractivity contribution in [1.29, 1.82) is 0 Å². The van der Waals surface area contributed by atoms with E-state index >= 15 is 0 Å². The number of hydrogen-bond acceptors (Lipinski definition) is 6. The number of carboxylic acid groups (broad SMARTS) is 1. The van der Waals surface area contributed by atoms with E-state index in [1.165, 1.54) is 24.8 Å². The van der Waals surface area contributed by atoms with Gasteiger partial charge >= 0.3 is 5.97 Å². The van der Waals surface area contributed by atoms with Crippen molar-refractivity contribution in [2.45, 2.75) is 13.0 Å². The van der Waals surface area contributed by atoms with Gasteiger partial charge in [0.15, 0.2) is 0 Å². The molecule has 96 valence electrons. The number of anilines is 1. The molecule has 0 aliphatic heterocycles. The van der Waals surface area contributed by atoms with Crippen molar-refractivity contribution in [3.05, 3.63) is 17.3 Å². The highest BCUT2D eigenvalue weighted by atomic mass is 32.1. The summed E-state index contributed by atoms with van der Waals surface area (Å²) in [5.74, 6) is -0.445. The van der Waals surface area contributed by atoms with E-state index in [1.54, 1.807) is 0 Å². The maximum atomic E-state index is 11.1. The van der Waals surface area contributed by atoms with Gasteiger partial charge in [-0.3, -0.25) is 0 Å². The smallest absolute Gasteiger partial charge is 0.328 e. The van der Waals surface area contributed by atoms with Crippen LogP contribution in [0.15, 0.2) is 11.7 Å². The van der Waals surface area contributed by atoms with Crippen molar-refractivity contribution >= 4 is 33.3 Å². The number of hydrogen-bond donors (Lipinski definition) is 2. The lowest BCUT2D eigenvalue weighted by Crippen LogP contribution is -2.34. The van der Waals surface area contributed by atoms with E-state index in [0.717, 1.165) is 15.8 Å². The van der Waals surface area contributed by atoms with Crippen LogP contribution < -0.4 is 5.32 Å². The first-order valence-electron chi connectivity index (χ1n) is 5.30. The van der Waals surface area contributed by atoms with E-state index in [-0.39, 0.29) is 6.61 Å². The quantitative estimate of drug-likeness (QED) is 0.854. The molecular formula is C11H13N3O3S. The van der Waals surface area contributed by atoms with Crippen LogP contribution in [0.1, 0.15) is 5.56 Å². The molecule has 0 amide bonds. The molecule has 2 N–H and O–H groups in total. The van der Waals surface area contributed by atoms with Gasteiger partial charge in [-0.05, 0) is 17.9 Å². The highest BCUT2D eigenvalue weighted by molar-refractivity contribution is 7.18. The average molecular weight is 267 g/mol. The van der Waals surface area contributed by atoms with E-state index in [9.17, 15) is 4.79 Å². The van der Waals surface area contributed by atoms with Gasteiger partial charge in [0, 0.05) is 7.11 Å².